The first-order chi connectivity index (χ1) is 9.09. The van der Waals surface area contributed by atoms with E-state index in [2.05, 4.69) is 10.3 Å². The number of fused-ring (bicyclic) bond motifs is 1. The molecule has 2 aromatic rings. The highest BCUT2D eigenvalue weighted by atomic mass is 16.3. The highest BCUT2D eigenvalue weighted by molar-refractivity contribution is 6.00. The van der Waals surface area contributed by atoms with E-state index in [-0.39, 0.29) is 0 Å². The van der Waals surface area contributed by atoms with Gasteiger partial charge in [0.15, 0.2) is 0 Å². The van der Waals surface area contributed by atoms with Gasteiger partial charge in [0.25, 0.3) is 0 Å². The number of hydrogen-bond donors (Lipinski definition) is 3. The average Bonchev–Trinajstić information content (AvgIpc) is 2.46. The molecule has 0 saturated heterocycles. The van der Waals surface area contributed by atoms with Crippen molar-refractivity contribution in [1.29, 1.82) is 0 Å². The number of nitrogens with one attached hydrogen (secondary N) is 1. The molecule has 4 nitrogen and oxygen atoms in total. The van der Waals surface area contributed by atoms with Gasteiger partial charge in [0, 0.05) is 41.1 Å². The van der Waals surface area contributed by atoms with Gasteiger partial charge in [0.05, 0.1) is 5.60 Å². The Bertz CT molecular complexity index is 564. The molecule has 0 aliphatic rings. The van der Waals surface area contributed by atoms with Gasteiger partial charge in [0.2, 0.25) is 0 Å². The predicted octanol–water partition coefficient (Wildman–Crippen LogP) is 2.78. The van der Waals surface area contributed by atoms with Crippen molar-refractivity contribution in [2.45, 2.75) is 32.3 Å². The molecule has 0 atom stereocenters. The van der Waals surface area contributed by atoms with Crippen LogP contribution >= 0.6 is 0 Å². The number of rotatable bonds is 5. The largest absolute Gasteiger partial charge is 0.398 e. The van der Waals surface area contributed by atoms with Gasteiger partial charge in [-0.2, -0.15) is 0 Å². The van der Waals surface area contributed by atoms with Crippen molar-refractivity contribution < 1.29 is 5.11 Å². The van der Waals surface area contributed by atoms with Gasteiger partial charge in [-0.25, -0.2) is 0 Å². The lowest BCUT2D eigenvalue weighted by Crippen LogP contribution is -2.35. The molecular weight excluding hydrogens is 238 g/mol. The summed E-state index contributed by atoms with van der Waals surface area (Å²) < 4.78 is 0. The van der Waals surface area contributed by atoms with Gasteiger partial charge in [-0.15, -0.1) is 0 Å². The molecule has 1 heterocycles. The Morgan fingerprint density at radius 2 is 1.95 bits per heavy atom. The molecular formula is C15H21N3O. The third kappa shape index (κ3) is 2.79. The standard InChI is InChI=1S/C15H21N3O/c1-3-15(19,4-2)10-18-14-6-5-13(16)11-7-8-17-9-12(11)14/h5-9,18-19H,3-4,10,16H2,1-2H3. The van der Waals surface area contributed by atoms with Crippen molar-refractivity contribution in [3.63, 3.8) is 0 Å². The van der Waals surface area contributed by atoms with E-state index in [1.165, 1.54) is 0 Å². The van der Waals surface area contributed by atoms with Crippen molar-refractivity contribution in [2.24, 2.45) is 0 Å². The second-order valence-electron chi connectivity index (χ2n) is 4.91. The van der Waals surface area contributed by atoms with E-state index >= 15 is 0 Å². The maximum absolute atomic E-state index is 10.3. The molecule has 0 aliphatic carbocycles. The fourth-order valence-corrected chi connectivity index (χ4v) is 2.13. The molecule has 4 heteroatoms. The smallest absolute Gasteiger partial charge is 0.0814 e. The summed E-state index contributed by atoms with van der Waals surface area (Å²) in [7, 11) is 0. The number of nitrogen functional groups attached to an aromatic ring is 1. The Balaban J connectivity index is 2.29. The molecule has 4 N–H and O–H groups in total. The first kappa shape index (κ1) is 13.6. The summed E-state index contributed by atoms with van der Waals surface area (Å²) in [5.74, 6) is 0. The minimum atomic E-state index is -0.671. The van der Waals surface area contributed by atoms with E-state index in [9.17, 15) is 5.11 Å². The van der Waals surface area contributed by atoms with Crippen LogP contribution in [0.2, 0.25) is 0 Å². The fourth-order valence-electron chi connectivity index (χ4n) is 2.13. The summed E-state index contributed by atoms with van der Waals surface area (Å²) >= 11 is 0. The van der Waals surface area contributed by atoms with Crippen LogP contribution in [0.15, 0.2) is 30.6 Å². The quantitative estimate of drug-likeness (QED) is 0.722. The van der Waals surface area contributed by atoms with Gasteiger partial charge in [-0.3, -0.25) is 4.98 Å². The van der Waals surface area contributed by atoms with Gasteiger partial charge >= 0.3 is 0 Å². The van der Waals surface area contributed by atoms with Gasteiger partial charge in [0.1, 0.15) is 0 Å². The summed E-state index contributed by atoms with van der Waals surface area (Å²) in [5.41, 5.74) is 6.98. The van der Waals surface area contributed by atoms with Gasteiger partial charge in [-0.05, 0) is 31.0 Å². The molecule has 1 aromatic carbocycles. The molecule has 0 radical (unpaired) electrons. The Morgan fingerprint density at radius 1 is 1.21 bits per heavy atom. The summed E-state index contributed by atoms with van der Waals surface area (Å²) in [6.45, 7) is 4.51. The number of hydrogen-bond acceptors (Lipinski definition) is 4. The van der Waals surface area contributed by atoms with E-state index in [1.54, 1.807) is 12.4 Å². The molecule has 0 unspecified atom stereocenters. The van der Waals surface area contributed by atoms with Crippen LogP contribution in [0.5, 0.6) is 0 Å². The zero-order valence-electron chi connectivity index (χ0n) is 11.5. The van der Waals surface area contributed by atoms with Crippen molar-refractivity contribution >= 4 is 22.1 Å². The fraction of sp³-hybridized carbons (Fsp3) is 0.400. The lowest BCUT2D eigenvalue weighted by Gasteiger charge is -2.26. The minimum Gasteiger partial charge on any atom is -0.398 e. The number of pyridine rings is 1. The molecule has 0 fully saturated rings. The van der Waals surface area contributed by atoms with Crippen LogP contribution < -0.4 is 11.1 Å². The third-order valence-electron chi connectivity index (χ3n) is 3.78. The Morgan fingerprint density at radius 3 is 2.63 bits per heavy atom. The van der Waals surface area contributed by atoms with Crippen molar-refractivity contribution in [1.82, 2.24) is 4.98 Å². The van der Waals surface area contributed by atoms with Crippen LogP contribution in [0, 0.1) is 0 Å². The van der Waals surface area contributed by atoms with Gasteiger partial charge in [-0.1, -0.05) is 13.8 Å². The second-order valence-corrected chi connectivity index (χ2v) is 4.91. The van der Waals surface area contributed by atoms with Crippen LogP contribution in [0.4, 0.5) is 11.4 Å². The average molecular weight is 259 g/mol. The van der Waals surface area contributed by atoms with E-state index < -0.39 is 5.60 Å². The number of aromatic nitrogens is 1. The number of nitrogens with two attached hydrogens (primary N) is 1. The van der Waals surface area contributed by atoms with Crippen LogP contribution in [0.3, 0.4) is 0 Å². The molecule has 19 heavy (non-hydrogen) atoms. The summed E-state index contributed by atoms with van der Waals surface area (Å²) in [6, 6.07) is 5.72. The molecule has 0 aliphatic heterocycles. The number of anilines is 2. The molecule has 0 bridgehead atoms. The third-order valence-corrected chi connectivity index (χ3v) is 3.78. The van der Waals surface area contributed by atoms with Crippen LogP contribution in [0.25, 0.3) is 10.8 Å². The van der Waals surface area contributed by atoms with Crippen LogP contribution in [-0.2, 0) is 0 Å². The van der Waals surface area contributed by atoms with Gasteiger partial charge < -0.3 is 16.2 Å². The number of nitrogens with zero attached hydrogens (tertiary/aromatic N) is 1. The first-order valence-electron chi connectivity index (χ1n) is 6.68. The van der Waals surface area contributed by atoms with E-state index in [0.717, 1.165) is 35.0 Å². The molecule has 0 saturated carbocycles. The summed E-state index contributed by atoms with van der Waals surface area (Å²) in [4.78, 5) is 4.14. The maximum atomic E-state index is 10.3. The first-order valence-corrected chi connectivity index (χ1v) is 6.68. The normalized spacial score (nSPS) is 11.7. The zero-order valence-corrected chi connectivity index (χ0v) is 11.5. The maximum Gasteiger partial charge on any atom is 0.0814 e. The Kier molecular flexibility index (Phi) is 3.90. The second kappa shape index (κ2) is 5.45. The van der Waals surface area contributed by atoms with Crippen molar-refractivity contribution in [2.75, 3.05) is 17.6 Å². The van der Waals surface area contributed by atoms with Crippen LogP contribution in [0.1, 0.15) is 26.7 Å². The topological polar surface area (TPSA) is 71.2 Å². The monoisotopic (exact) mass is 259 g/mol. The van der Waals surface area contributed by atoms with Crippen molar-refractivity contribution in [3.05, 3.63) is 30.6 Å². The summed E-state index contributed by atoms with van der Waals surface area (Å²) in [6.07, 6.45) is 4.98. The SMILES string of the molecule is CCC(O)(CC)CNc1ccc(N)c2ccncc12. The zero-order chi connectivity index (χ0) is 13.9. The van der Waals surface area contributed by atoms with E-state index in [4.69, 9.17) is 5.73 Å². The number of benzene rings is 1. The lowest BCUT2D eigenvalue weighted by atomic mass is 9.97. The summed E-state index contributed by atoms with van der Waals surface area (Å²) in [5, 5.41) is 15.6. The van der Waals surface area contributed by atoms with E-state index in [1.807, 2.05) is 32.0 Å². The molecule has 2 rings (SSSR count). The Labute approximate surface area is 113 Å². The highest BCUT2D eigenvalue weighted by Gasteiger charge is 2.21. The van der Waals surface area contributed by atoms with Crippen LogP contribution in [-0.4, -0.2) is 22.2 Å². The Hall–Kier alpha value is -1.81. The van der Waals surface area contributed by atoms with E-state index in [0.29, 0.717) is 6.54 Å². The highest BCUT2D eigenvalue weighted by Crippen LogP contribution is 2.28. The molecule has 102 valence electrons. The molecule has 0 spiro atoms. The van der Waals surface area contributed by atoms with Crippen molar-refractivity contribution in [3.8, 4) is 0 Å². The number of aliphatic hydroxyl groups is 1. The lowest BCUT2D eigenvalue weighted by molar-refractivity contribution is 0.0457. The minimum absolute atomic E-state index is 0.522. The molecule has 1 aromatic heterocycles. The molecule has 0 amide bonds. The predicted molar refractivity (Wildman–Crippen MR) is 80.2 cm³/mol.